The molecule has 1 aromatic rings. The Labute approximate surface area is 83.7 Å². The van der Waals surface area contributed by atoms with Crippen LogP contribution in [0.3, 0.4) is 0 Å². The van der Waals surface area contributed by atoms with Crippen molar-refractivity contribution in [1.82, 2.24) is 9.89 Å². The Balaban J connectivity index is 2.01. The molecule has 1 aromatic heterocycles. The fourth-order valence-corrected chi connectivity index (χ4v) is 2.62. The molecule has 4 rings (SSSR count). The minimum absolute atomic E-state index is 0.0365. The number of nitrogens with two attached hydrogens (primary N) is 1. The van der Waals surface area contributed by atoms with Crippen LogP contribution in [0.2, 0.25) is 0 Å². The Hall–Kier alpha value is -1.46. The number of hydrogen-bond donors (Lipinski definition) is 1. The molecule has 15 heavy (non-hydrogen) atoms. The van der Waals surface area contributed by atoms with Crippen molar-refractivity contribution in [2.75, 3.05) is 12.4 Å². The third-order valence-corrected chi connectivity index (χ3v) is 3.48. The van der Waals surface area contributed by atoms with E-state index in [4.69, 9.17) is 5.84 Å². The van der Waals surface area contributed by atoms with Crippen LogP contribution >= 0.6 is 0 Å². The number of hydrogen-bond acceptors (Lipinski definition) is 3. The average molecular weight is 210 g/mol. The fraction of sp³-hybridized carbons (Fsp3) is 0.556. The second-order valence-electron chi connectivity index (χ2n) is 4.39. The number of aromatic nitrogens is 2. The van der Waals surface area contributed by atoms with Gasteiger partial charge in [0.2, 0.25) is 0 Å². The van der Waals surface area contributed by atoms with Gasteiger partial charge in [-0.2, -0.15) is 18.7 Å². The van der Waals surface area contributed by atoms with Crippen LogP contribution in [0.4, 0.5) is 8.78 Å². The zero-order chi connectivity index (χ0) is 10.4. The summed E-state index contributed by atoms with van der Waals surface area (Å²) >= 11 is 0. The second-order valence-corrected chi connectivity index (χ2v) is 4.39. The first-order valence-electron chi connectivity index (χ1n) is 4.90. The first kappa shape index (κ1) is 7.78. The number of alkyl halides is 2. The Bertz CT molecular complexity index is 516. The van der Waals surface area contributed by atoms with Gasteiger partial charge in [-0.05, 0) is 12.3 Å². The SMILES string of the molecule is Nn1nc(C2=NC2)c2c1C(F)(F)C1CC21. The van der Waals surface area contributed by atoms with Gasteiger partial charge < -0.3 is 5.84 Å². The molecule has 2 aliphatic carbocycles. The van der Waals surface area contributed by atoms with Gasteiger partial charge in [0, 0.05) is 11.5 Å². The standard InChI is InChI=1S/C9H8F2N4/c10-9(11)4-1-3(4)6-7(5-2-13-5)14-15(12)8(6)9/h3-4H,1-2,12H2. The van der Waals surface area contributed by atoms with Crippen molar-refractivity contribution < 1.29 is 8.78 Å². The highest BCUT2D eigenvalue weighted by molar-refractivity contribution is 6.10. The molecular formula is C9H8F2N4. The van der Waals surface area contributed by atoms with E-state index in [2.05, 4.69) is 10.1 Å². The molecule has 1 fully saturated rings. The van der Waals surface area contributed by atoms with E-state index in [1.54, 1.807) is 0 Å². The van der Waals surface area contributed by atoms with Crippen molar-refractivity contribution in [3.05, 3.63) is 17.0 Å². The van der Waals surface area contributed by atoms with Crippen LogP contribution in [0.5, 0.6) is 0 Å². The smallest absolute Gasteiger partial charge is 0.295 e. The molecule has 1 saturated carbocycles. The maximum absolute atomic E-state index is 13.7. The molecule has 0 amide bonds. The highest BCUT2D eigenvalue weighted by atomic mass is 19.3. The lowest BCUT2D eigenvalue weighted by molar-refractivity contribution is -0.0295. The molecule has 0 saturated heterocycles. The van der Waals surface area contributed by atoms with E-state index < -0.39 is 11.8 Å². The lowest BCUT2D eigenvalue weighted by atomic mass is 10.1. The molecule has 2 atom stereocenters. The Kier molecular flexibility index (Phi) is 0.993. The zero-order valence-electron chi connectivity index (χ0n) is 7.74. The summed E-state index contributed by atoms with van der Waals surface area (Å²) in [7, 11) is 0. The first-order chi connectivity index (χ1) is 7.10. The van der Waals surface area contributed by atoms with E-state index >= 15 is 0 Å². The lowest BCUT2D eigenvalue weighted by Crippen LogP contribution is -2.24. The van der Waals surface area contributed by atoms with E-state index in [9.17, 15) is 8.78 Å². The number of nitrogen functional groups attached to an aromatic ring is 1. The van der Waals surface area contributed by atoms with Gasteiger partial charge >= 0.3 is 0 Å². The fourth-order valence-electron chi connectivity index (χ4n) is 2.62. The van der Waals surface area contributed by atoms with Crippen LogP contribution in [0.25, 0.3) is 0 Å². The van der Waals surface area contributed by atoms with Crippen molar-refractivity contribution in [1.29, 1.82) is 0 Å². The van der Waals surface area contributed by atoms with E-state index in [-0.39, 0.29) is 11.6 Å². The maximum atomic E-state index is 13.7. The van der Waals surface area contributed by atoms with Crippen molar-refractivity contribution in [2.45, 2.75) is 18.3 Å². The van der Waals surface area contributed by atoms with Gasteiger partial charge in [-0.15, -0.1) is 0 Å². The van der Waals surface area contributed by atoms with Gasteiger partial charge in [-0.25, -0.2) is 0 Å². The van der Waals surface area contributed by atoms with E-state index in [1.807, 2.05) is 0 Å². The monoisotopic (exact) mass is 210 g/mol. The van der Waals surface area contributed by atoms with E-state index in [0.29, 0.717) is 24.2 Å². The largest absolute Gasteiger partial charge is 0.323 e. The maximum Gasteiger partial charge on any atom is 0.295 e. The summed E-state index contributed by atoms with van der Waals surface area (Å²) in [5.41, 5.74) is 1.99. The van der Waals surface area contributed by atoms with Crippen LogP contribution < -0.4 is 5.84 Å². The van der Waals surface area contributed by atoms with Crippen molar-refractivity contribution in [3.8, 4) is 0 Å². The van der Waals surface area contributed by atoms with Crippen LogP contribution in [0.15, 0.2) is 4.99 Å². The number of rotatable bonds is 1. The highest BCUT2D eigenvalue weighted by Crippen LogP contribution is 2.67. The van der Waals surface area contributed by atoms with Crippen LogP contribution in [-0.2, 0) is 5.92 Å². The molecule has 0 bridgehead atoms. The van der Waals surface area contributed by atoms with Gasteiger partial charge in [0.25, 0.3) is 5.92 Å². The van der Waals surface area contributed by atoms with Crippen LogP contribution in [0, 0.1) is 5.92 Å². The summed E-state index contributed by atoms with van der Waals surface area (Å²) in [6, 6.07) is 0. The molecule has 2 N–H and O–H groups in total. The molecule has 1 aliphatic heterocycles. The normalized spacial score (nSPS) is 33.3. The molecule has 78 valence electrons. The van der Waals surface area contributed by atoms with E-state index in [0.717, 1.165) is 10.5 Å². The van der Waals surface area contributed by atoms with Gasteiger partial charge in [-0.3, -0.25) is 4.99 Å². The summed E-state index contributed by atoms with van der Waals surface area (Å²) in [6.07, 6.45) is 0.561. The minimum Gasteiger partial charge on any atom is -0.323 e. The topological polar surface area (TPSA) is 56.2 Å². The van der Waals surface area contributed by atoms with Gasteiger partial charge in [0.05, 0.1) is 12.3 Å². The van der Waals surface area contributed by atoms with Crippen molar-refractivity contribution in [3.63, 3.8) is 0 Å². The Morgan fingerprint density at radius 1 is 1.47 bits per heavy atom. The van der Waals surface area contributed by atoms with Crippen molar-refractivity contribution in [2.24, 2.45) is 10.9 Å². The van der Waals surface area contributed by atoms with Gasteiger partial charge in [0.15, 0.2) is 0 Å². The molecule has 4 nitrogen and oxygen atoms in total. The molecule has 2 heterocycles. The number of aliphatic imine (C=N–C) groups is 1. The van der Waals surface area contributed by atoms with Crippen LogP contribution in [-0.4, -0.2) is 22.1 Å². The molecule has 6 heteroatoms. The van der Waals surface area contributed by atoms with Gasteiger partial charge in [-0.1, -0.05) is 0 Å². The average Bonchev–Trinajstić information content (AvgIpc) is 3.04. The number of halogens is 2. The van der Waals surface area contributed by atoms with E-state index in [1.165, 1.54) is 0 Å². The quantitative estimate of drug-likeness (QED) is 0.690. The molecular weight excluding hydrogens is 202 g/mol. The minimum atomic E-state index is -2.80. The first-order valence-corrected chi connectivity index (χ1v) is 4.90. The lowest BCUT2D eigenvalue weighted by Gasteiger charge is -2.12. The van der Waals surface area contributed by atoms with Crippen LogP contribution in [0.1, 0.15) is 29.3 Å². The molecule has 0 aromatic carbocycles. The molecule has 3 aliphatic rings. The molecule has 0 radical (unpaired) electrons. The number of fused-ring (bicyclic) bond motifs is 3. The predicted molar refractivity (Wildman–Crippen MR) is 48.5 cm³/mol. The predicted octanol–water partition coefficient (Wildman–Crippen LogP) is 0.609. The molecule has 2 unspecified atom stereocenters. The number of nitrogens with zero attached hydrogens (tertiary/aromatic N) is 3. The van der Waals surface area contributed by atoms with Gasteiger partial charge in [0.1, 0.15) is 11.4 Å². The summed E-state index contributed by atoms with van der Waals surface area (Å²) in [6.45, 7) is 0.617. The third kappa shape index (κ3) is 0.735. The summed E-state index contributed by atoms with van der Waals surface area (Å²) in [4.78, 5) is 4.85. The zero-order valence-corrected chi connectivity index (χ0v) is 7.74. The second kappa shape index (κ2) is 1.91. The summed E-state index contributed by atoms with van der Waals surface area (Å²) in [5, 5.41) is 3.95. The Morgan fingerprint density at radius 2 is 2.20 bits per heavy atom. The summed E-state index contributed by atoms with van der Waals surface area (Å²) < 4.78 is 27.5. The molecule has 0 spiro atoms. The Morgan fingerprint density at radius 3 is 2.87 bits per heavy atom. The van der Waals surface area contributed by atoms with Crippen molar-refractivity contribution >= 4 is 5.71 Å². The third-order valence-electron chi connectivity index (χ3n) is 3.48. The summed E-state index contributed by atoms with van der Waals surface area (Å²) in [5.74, 6) is 2.11. The highest BCUT2D eigenvalue weighted by Gasteiger charge is 2.67.